The maximum Gasteiger partial charge on any atom is 0.271 e. The second-order valence-electron chi connectivity index (χ2n) is 7.23. The Balaban J connectivity index is 1.78. The first-order valence-corrected chi connectivity index (χ1v) is 10.6. The summed E-state index contributed by atoms with van der Waals surface area (Å²) in [7, 11) is 0. The van der Waals surface area contributed by atoms with Crippen LogP contribution in [-0.4, -0.2) is 17.5 Å². The van der Waals surface area contributed by atoms with Gasteiger partial charge >= 0.3 is 0 Å². The molecule has 30 heavy (non-hydrogen) atoms. The van der Waals surface area contributed by atoms with Crippen molar-refractivity contribution in [1.29, 1.82) is 0 Å². The highest BCUT2D eigenvalue weighted by Gasteiger charge is 2.06. The number of anilines is 1. The third-order valence-corrected chi connectivity index (χ3v) is 4.59. The first kappa shape index (κ1) is 23.1. The molecule has 2 N–H and O–H groups in total. The van der Waals surface area contributed by atoms with Crippen LogP contribution in [0.25, 0.3) is 6.08 Å². The number of allylic oxidation sites excluding steroid dienone is 1. The fourth-order valence-corrected chi connectivity index (χ4v) is 2.84. The van der Waals surface area contributed by atoms with Crippen LogP contribution in [0.4, 0.5) is 5.69 Å². The molecule has 0 aliphatic heterocycles. The maximum atomic E-state index is 12.3. The van der Waals surface area contributed by atoms with Crippen molar-refractivity contribution < 1.29 is 9.59 Å². The van der Waals surface area contributed by atoms with E-state index in [4.69, 9.17) is 0 Å². The van der Waals surface area contributed by atoms with Gasteiger partial charge in [-0.15, -0.1) is 0 Å². The molecule has 2 rings (SSSR count). The lowest BCUT2D eigenvalue weighted by molar-refractivity contribution is -0.116. The number of unbranched alkanes of at least 4 members (excludes halogenated alkanes) is 4. The van der Waals surface area contributed by atoms with Crippen molar-refractivity contribution in [3.05, 3.63) is 71.8 Å². The first-order chi connectivity index (χ1) is 14.6. The second-order valence-corrected chi connectivity index (χ2v) is 7.23. The minimum atomic E-state index is -0.295. The number of nitrogens with zero attached hydrogens (tertiary/aromatic N) is 1. The summed E-state index contributed by atoms with van der Waals surface area (Å²) >= 11 is 0. The molecule has 0 aliphatic carbocycles. The smallest absolute Gasteiger partial charge is 0.271 e. The third kappa shape index (κ3) is 8.86. The predicted octanol–water partition coefficient (Wildman–Crippen LogP) is 5.80. The summed E-state index contributed by atoms with van der Waals surface area (Å²) in [6.45, 7) is 3.99. The summed E-state index contributed by atoms with van der Waals surface area (Å²) < 4.78 is 0. The summed E-state index contributed by atoms with van der Waals surface area (Å²) in [6, 6.07) is 16.7. The van der Waals surface area contributed by atoms with E-state index in [9.17, 15) is 9.59 Å². The van der Waals surface area contributed by atoms with E-state index in [1.165, 1.54) is 19.3 Å². The molecule has 0 atom stereocenters. The van der Waals surface area contributed by atoms with Crippen LogP contribution >= 0.6 is 0 Å². The molecular formula is C25H31N3O2. The Morgan fingerprint density at radius 2 is 1.63 bits per heavy atom. The van der Waals surface area contributed by atoms with Crippen LogP contribution in [0.3, 0.4) is 0 Å². The lowest BCUT2D eigenvalue weighted by atomic mass is 10.1. The molecule has 158 valence electrons. The normalized spacial score (nSPS) is 11.5. The van der Waals surface area contributed by atoms with E-state index in [0.717, 1.165) is 18.4 Å². The molecule has 0 heterocycles. The van der Waals surface area contributed by atoms with Crippen LogP contribution in [-0.2, 0) is 4.79 Å². The summed E-state index contributed by atoms with van der Waals surface area (Å²) in [5.41, 5.74) is 5.48. The van der Waals surface area contributed by atoms with Gasteiger partial charge in [0.25, 0.3) is 5.91 Å². The van der Waals surface area contributed by atoms with E-state index in [1.807, 2.05) is 49.4 Å². The summed E-state index contributed by atoms with van der Waals surface area (Å²) in [6.07, 6.45) is 9.89. The van der Waals surface area contributed by atoms with E-state index in [2.05, 4.69) is 22.8 Å². The highest BCUT2D eigenvalue weighted by atomic mass is 16.2. The molecule has 0 aromatic heterocycles. The summed E-state index contributed by atoms with van der Waals surface area (Å²) in [5, 5.41) is 6.98. The Kier molecular flexibility index (Phi) is 10.1. The number of carbonyl (C=O) groups excluding carboxylic acids is 2. The molecule has 0 bridgehead atoms. The van der Waals surface area contributed by atoms with E-state index in [-0.39, 0.29) is 11.8 Å². The average Bonchev–Trinajstić information content (AvgIpc) is 2.77. The monoisotopic (exact) mass is 405 g/mol. The highest BCUT2D eigenvalue weighted by molar-refractivity contribution is 5.99. The number of amides is 2. The average molecular weight is 406 g/mol. The Hall–Kier alpha value is -3.21. The van der Waals surface area contributed by atoms with Gasteiger partial charge in [-0.3, -0.25) is 9.59 Å². The van der Waals surface area contributed by atoms with E-state index in [0.29, 0.717) is 23.4 Å². The number of hydrogen-bond donors (Lipinski definition) is 2. The lowest BCUT2D eigenvalue weighted by Crippen LogP contribution is -2.18. The number of rotatable bonds is 11. The van der Waals surface area contributed by atoms with Gasteiger partial charge in [-0.1, -0.05) is 69.0 Å². The zero-order valence-electron chi connectivity index (χ0n) is 17.9. The van der Waals surface area contributed by atoms with Crippen LogP contribution in [0.15, 0.2) is 65.8 Å². The number of hydrazone groups is 1. The molecule has 0 radical (unpaired) electrons. The van der Waals surface area contributed by atoms with Crippen molar-refractivity contribution >= 4 is 29.3 Å². The molecule has 0 aliphatic rings. The van der Waals surface area contributed by atoms with Crippen molar-refractivity contribution in [2.75, 3.05) is 5.32 Å². The summed E-state index contributed by atoms with van der Waals surface area (Å²) in [5.74, 6) is -0.287. The fraction of sp³-hybridized carbons (Fsp3) is 0.320. The second kappa shape index (κ2) is 13.1. The van der Waals surface area contributed by atoms with Crippen LogP contribution in [0, 0.1) is 0 Å². The molecule has 0 unspecified atom stereocenters. The molecule has 0 spiro atoms. The third-order valence-electron chi connectivity index (χ3n) is 4.59. The fourth-order valence-electron chi connectivity index (χ4n) is 2.84. The molecule has 2 aromatic carbocycles. The topological polar surface area (TPSA) is 70.6 Å². The molecular weight excluding hydrogens is 374 g/mol. The number of nitrogens with one attached hydrogen (secondary N) is 2. The van der Waals surface area contributed by atoms with Gasteiger partial charge < -0.3 is 5.32 Å². The Morgan fingerprint density at radius 1 is 0.933 bits per heavy atom. The molecule has 5 nitrogen and oxygen atoms in total. The Morgan fingerprint density at radius 3 is 2.33 bits per heavy atom. The quantitative estimate of drug-likeness (QED) is 0.281. The SMILES string of the molecule is CCCCCCCC(=O)Nc1ccc(C(=O)NN=C(C)/C=C\c2ccccc2)cc1. The van der Waals surface area contributed by atoms with Crippen molar-refractivity contribution in [2.45, 2.75) is 52.4 Å². The molecule has 0 saturated carbocycles. The molecule has 2 aromatic rings. The van der Waals surface area contributed by atoms with Crippen LogP contribution in [0.1, 0.15) is 68.3 Å². The molecule has 5 heteroatoms. The predicted molar refractivity (Wildman–Crippen MR) is 124 cm³/mol. The Labute approximate surface area is 179 Å². The maximum absolute atomic E-state index is 12.3. The van der Waals surface area contributed by atoms with Crippen LogP contribution < -0.4 is 10.7 Å². The molecule has 2 amide bonds. The van der Waals surface area contributed by atoms with Gasteiger partial charge in [-0.05, 0) is 49.2 Å². The van der Waals surface area contributed by atoms with Crippen LogP contribution in [0.2, 0.25) is 0 Å². The lowest BCUT2D eigenvalue weighted by Gasteiger charge is -2.06. The van der Waals surface area contributed by atoms with Crippen molar-refractivity contribution in [3.63, 3.8) is 0 Å². The van der Waals surface area contributed by atoms with Gasteiger partial charge in [-0.2, -0.15) is 5.10 Å². The van der Waals surface area contributed by atoms with E-state index >= 15 is 0 Å². The van der Waals surface area contributed by atoms with Crippen molar-refractivity contribution in [3.8, 4) is 0 Å². The highest BCUT2D eigenvalue weighted by Crippen LogP contribution is 2.12. The van der Waals surface area contributed by atoms with Gasteiger partial charge in [0.05, 0.1) is 5.71 Å². The van der Waals surface area contributed by atoms with Gasteiger partial charge in [-0.25, -0.2) is 5.43 Å². The Bertz CT molecular complexity index is 856. The molecule has 0 saturated heterocycles. The van der Waals surface area contributed by atoms with Crippen LogP contribution in [0.5, 0.6) is 0 Å². The number of hydrogen-bond acceptors (Lipinski definition) is 3. The standard InChI is InChI=1S/C25H31N3O2/c1-3-4-5-6-10-13-24(29)26-23-18-16-22(17-19-23)25(30)28-27-20(2)14-15-21-11-8-7-9-12-21/h7-9,11-12,14-19H,3-6,10,13H2,1-2H3,(H,26,29)(H,28,30)/b15-14-,27-20?. The van der Waals surface area contributed by atoms with Gasteiger partial charge in [0.15, 0.2) is 0 Å². The largest absolute Gasteiger partial charge is 0.326 e. The first-order valence-electron chi connectivity index (χ1n) is 10.6. The van der Waals surface area contributed by atoms with Gasteiger partial charge in [0.2, 0.25) is 5.91 Å². The number of carbonyl (C=O) groups is 2. The summed E-state index contributed by atoms with van der Waals surface area (Å²) in [4.78, 5) is 24.2. The van der Waals surface area contributed by atoms with Gasteiger partial charge in [0.1, 0.15) is 0 Å². The van der Waals surface area contributed by atoms with E-state index in [1.54, 1.807) is 24.3 Å². The van der Waals surface area contributed by atoms with Crippen molar-refractivity contribution in [1.82, 2.24) is 5.43 Å². The molecule has 0 fully saturated rings. The van der Waals surface area contributed by atoms with Gasteiger partial charge in [0, 0.05) is 17.7 Å². The van der Waals surface area contributed by atoms with Crippen molar-refractivity contribution in [2.24, 2.45) is 5.10 Å². The number of benzene rings is 2. The zero-order valence-corrected chi connectivity index (χ0v) is 17.9. The minimum absolute atomic E-state index is 0.00845. The van der Waals surface area contributed by atoms with E-state index < -0.39 is 0 Å². The minimum Gasteiger partial charge on any atom is -0.326 e. The zero-order chi connectivity index (χ0) is 21.6.